The highest BCUT2D eigenvalue weighted by Gasteiger charge is 2.55. The smallest absolute Gasteiger partial charge is 0.171 e. The summed E-state index contributed by atoms with van der Waals surface area (Å²) in [6.07, 6.45) is 8.49. The van der Waals surface area contributed by atoms with Gasteiger partial charge in [-0.15, -0.1) is 21.8 Å². The Labute approximate surface area is 206 Å². The van der Waals surface area contributed by atoms with Crippen molar-refractivity contribution in [3.63, 3.8) is 0 Å². The normalized spacial score (nSPS) is 30.8. The van der Waals surface area contributed by atoms with Crippen LogP contribution in [0.15, 0.2) is 12.1 Å². The van der Waals surface area contributed by atoms with Gasteiger partial charge in [-0.25, -0.2) is 4.98 Å². The van der Waals surface area contributed by atoms with E-state index in [1.807, 2.05) is 19.1 Å². The predicted octanol–water partition coefficient (Wildman–Crippen LogP) is 4.30. The van der Waals surface area contributed by atoms with Crippen molar-refractivity contribution in [3.05, 3.63) is 29.5 Å². The minimum atomic E-state index is 0.323. The number of pyridine rings is 1. The Bertz CT molecular complexity index is 1080. The van der Waals surface area contributed by atoms with E-state index in [0.29, 0.717) is 28.7 Å². The Morgan fingerprint density at radius 3 is 2.68 bits per heavy atom. The van der Waals surface area contributed by atoms with E-state index in [-0.39, 0.29) is 0 Å². The molecule has 3 unspecified atom stereocenters. The van der Waals surface area contributed by atoms with Gasteiger partial charge in [0.1, 0.15) is 11.6 Å². The molecule has 2 aliphatic heterocycles. The fourth-order valence-electron chi connectivity index (χ4n) is 7.33. The van der Waals surface area contributed by atoms with Gasteiger partial charge in [-0.05, 0) is 69.9 Å². The van der Waals surface area contributed by atoms with Gasteiger partial charge < -0.3 is 14.2 Å². The Kier molecular flexibility index (Phi) is 4.93. The number of aryl methyl sites for hydroxylation is 1. The van der Waals surface area contributed by atoms with Gasteiger partial charge in [0.15, 0.2) is 11.6 Å². The molecule has 4 fully saturated rings. The number of ether oxygens (including phenoxy) is 1. The van der Waals surface area contributed by atoms with Crippen LogP contribution in [0.1, 0.15) is 74.2 Å². The molecule has 182 valence electrons. The van der Waals surface area contributed by atoms with Crippen LogP contribution in [0.2, 0.25) is 0 Å². The summed E-state index contributed by atoms with van der Waals surface area (Å²) >= 11 is 6.66. The van der Waals surface area contributed by atoms with E-state index in [2.05, 4.69) is 14.4 Å². The summed E-state index contributed by atoms with van der Waals surface area (Å²) in [5.74, 6) is 5.48. The third kappa shape index (κ3) is 3.45. The van der Waals surface area contributed by atoms with E-state index in [1.165, 1.54) is 50.3 Å². The zero-order valence-corrected chi connectivity index (χ0v) is 21.0. The fraction of sp³-hybridized carbons (Fsp3) is 0.731. The predicted molar refractivity (Wildman–Crippen MR) is 132 cm³/mol. The van der Waals surface area contributed by atoms with Crippen molar-refractivity contribution in [3.8, 4) is 5.75 Å². The quantitative estimate of drug-likeness (QED) is 0.605. The highest BCUT2D eigenvalue weighted by Crippen LogP contribution is 2.57. The lowest BCUT2D eigenvalue weighted by Gasteiger charge is -2.59. The SMILES string of the molecule is COc1ccc(C)nc1N1CC2(CC(c3nnc4n3C3CCC(Cl)CC3CN(C3CC3)C4)C2)C1. The summed E-state index contributed by atoms with van der Waals surface area (Å²) in [5, 5.41) is 9.93. The second-order valence-corrected chi connectivity index (χ2v) is 12.3. The molecule has 2 aromatic heterocycles. The average Bonchev–Trinajstić information content (AvgIpc) is 3.55. The number of fused-ring (bicyclic) bond motifs is 3. The number of hydrogen-bond acceptors (Lipinski definition) is 6. The minimum absolute atomic E-state index is 0.323. The number of alkyl halides is 1. The van der Waals surface area contributed by atoms with E-state index in [0.717, 1.165) is 55.8 Å². The van der Waals surface area contributed by atoms with Crippen molar-refractivity contribution in [2.45, 2.75) is 81.8 Å². The van der Waals surface area contributed by atoms with E-state index in [4.69, 9.17) is 31.5 Å². The molecule has 0 bridgehead atoms. The Morgan fingerprint density at radius 1 is 1.09 bits per heavy atom. The summed E-state index contributed by atoms with van der Waals surface area (Å²) in [5.41, 5.74) is 1.43. The summed E-state index contributed by atoms with van der Waals surface area (Å²) in [6, 6.07) is 5.33. The third-order valence-corrected chi connectivity index (χ3v) is 9.55. The molecule has 0 radical (unpaired) electrons. The van der Waals surface area contributed by atoms with E-state index >= 15 is 0 Å². The maximum Gasteiger partial charge on any atom is 0.171 e. The molecule has 3 aliphatic carbocycles. The molecule has 0 amide bonds. The van der Waals surface area contributed by atoms with Crippen LogP contribution < -0.4 is 9.64 Å². The molecule has 1 saturated heterocycles. The standard InChI is InChI=1S/C26H35ClN6O/c1-16-3-8-22(34-2)25(28-16)32-14-26(15-32)10-18(11-26)24-30-29-23-13-31(20-5-6-20)12-17-9-19(27)4-7-21(17)33(23)24/h3,8,17-21H,4-7,9-15H2,1-2H3. The Balaban J connectivity index is 1.09. The summed E-state index contributed by atoms with van der Waals surface area (Å²) < 4.78 is 8.17. The van der Waals surface area contributed by atoms with E-state index in [9.17, 15) is 0 Å². The van der Waals surface area contributed by atoms with Gasteiger partial charge in [-0.2, -0.15) is 0 Å². The van der Waals surface area contributed by atoms with Crippen molar-refractivity contribution >= 4 is 17.4 Å². The lowest BCUT2D eigenvalue weighted by molar-refractivity contribution is 0.0545. The van der Waals surface area contributed by atoms with Crippen molar-refractivity contribution < 1.29 is 4.74 Å². The molecule has 8 heteroatoms. The molecule has 0 N–H and O–H groups in total. The number of hydrogen-bond donors (Lipinski definition) is 0. The largest absolute Gasteiger partial charge is 0.493 e. The van der Waals surface area contributed by atoms with Crippen molar-refractivity contribution in [1.82, 2.24) is 24.6 Å². The Morgan fingerprint density at radius 2 is 1.91 bits per heavy atom. The van der Waals surface area contributed by atoms with Gasteiger partial charge in [-0.3, -0.25) is 4.90 Å². The second-order valence-electron chi connectivity index (χ2n) is 11.7. The fourth-order valence-corrected chi connectivity index (χ4v) is 7.69. The molecule has 5 aliphatic rings. The molecule has 3 atom stereocenters. The molecule has 7 rings (SSSR count). The average molecular weight is 483 g/mol. The van der Waals surface area contributed by atoms with Gasteiger partial charge in [0.25, 0.3) is 0 Å². The number of nitrogens with zero attached hydrogens (tertiary/aromatic N) is 6. The van der Waals surface area contributed by atoms with Crippen molar-refractivity contribution in [2.75, 3.05) is 31.6 Å². The van der Waals surface area contributed by atoms with Crippen LogP contribution >= 0.6 is 11.6 Å². The molecule has 1 spiro atoms. The first kappa shape index (κ1) is 21.4. The second kappa shape index (κ2) is 7.82. The zero-order valence-electron chi connectivity index (χ0n) is 20.3. The van der Waals surface area contributed by atoms with E-state index < -0.39 is 0 Å². The number of aromatic nitrogens is 4. The molecular weight excluding hydrogens is 448 g/mol. The van der Waals surface area contributed by atoms with Gasteiger partial charge in [-0.1, -0.05) is 0 Å². The topological polar surface area (TPSA) is 59.3 Å². The number of anilines is 1. The van der Waals surface area contributed by atoms with Gasteiger partial charge in [0, 0.05) is 54.1 Å². The first-order valence-electron chi connectivity index (χ1n) is 13.1. The van der Waals surface area contributed by atoms with Crippen LogP contribution in [-0.4, -0.2) is 62.8 Å². The summed E-state index contributed by atoms with van der Waals surface area (Å²) in [7, 11) is 1.73. The first-order chi connectivity index (χ1) is 16.5. The lowest BCUT2D eigenvalue weighted by atomic mass is 9.57. The zero-order chi connectivity index (χ0) is 23.0. The van der Waals surface area contributed by atoms with Crippen molar-refractivity contribution in [2.24, 2.45) is 11.3 Å². The van der Waals surface area contributed by atoms with Crippen LogP contribution in [0.4, 0.5) is 5.82 Å². The molecular formula is C26H35ClN6O. The molecule has 3 saturated carbocycles. The summed E-state index contributed by atoms with van der Waals surface area (Å²) in [4.78, 5) is 9.83. The van der Waals surface area contributed by atoms with Crippen molar-refractivity contribution in [1.29, 1.82) is 0 Å². The highest BCUT2D eigenvalue weighted by molar-refractivity contribution is 6.20. The maximum atomic E-state index is 6.66. The molecule has 34 heavy (non-hydrogen) atoms. The summed E-state index contributed by atoms with van der Waals surface area (Å²) in [6.45, 7) is 6.31. The molecule has 0 aromatic carbocycles. The molecule has 4 heterocycles. The monoisotopic (exact) mass is 482 g/mol. The van der Waals surface area contributed by atoms with Crippen LogP contribution in [0, 0.1) is 18.3 Å². The Hall–Kier alpha value is -1.86. The minimum Gasteiger partial charge on any atom is -0.493 e. The number of rotatable bonds is 4. The van der Waals surface area contributed by atoms with Gasteiger partial charge in [0.2, 0.25) is 0 Å². The third-order valence-electron chi connectivity index (χ3n) is 9.15. The van der Waals surface area contributed by atoms with Crippen LogP contribution in [-0.2, 0) is 6.54 Å². The molecule has 7 nitrogen and oxygen atoms in total. The number of halogens is 1. The van der Waals surface area contributed by atoms with Crippen LogP contribution in [0.25, 0.3) is 0 Å². The van der Waals surface area contributed by atoms with E-state index in [1.54, 1.807) is 7.11 Å². The highest BCUT2D eigenvalue weighted by atomic mass is 35.5. The van der Waals surface area contributed by atoms with Crippen LogP contribution in [0.5, 0.6) is 5.75 Å². The van der Waals surface area contributed by atoms with Crippen LogP contribution in [0.3, 0.4) is 0 Å². The maximum absolute atomic E-state index is 6.66. The molecule has 2 aromatic rings. The van der Waals surface area contributed by atoms with Gasteiger partial charge >= 0.3 is 0 Å². The van der Waals surface area contributed by atoms with Gasteiger partial charge in [0.05, 0.1) is 13.7 Å². The first-order valence-corrected chi connectivity index (χ1v) is 13.5. The number of methoxy groups -OCH3 is 1. The lowest BCUT2D eigenvalue weighted by Crippen LogP contribution is -2.62.